The van der Waals surface area contributed by atoms with Gasteiger partial charge in [-0.3, -0.25) is 0 Å². The summed E-state index contributed by atoms with van der Waals surface area (Å²) in [5.41, 5.74) is 1.84. The molecule has 0 radical (unpaired) electrons. The standard InChI is InChI=1S/C18H28N2O3/c1-18(2,3)23-17(21)20-13-15-6-4-14(5-7-15)12-19-16-8-10-22-11-9-16/h4-7,16,19H,8-13H2,1-3H3,(H,20,21). The van der Waals surface area contributed by atoms with Gasteiger partial charge in [0.1, 0.15) is 5.60 Å². The van der Waals surface area contributed by atoms with Gasteiger partial charge in [-0.15, -0.1) is 0 Å². The van der Waals surface area contributed by atoms with Crippen LogP contribution in [0.25, 0.3) is 0 Å². The molecule has 0 saturated carbocycles. The highest BCUT2D eigenvalue weighted by Gasteiger charge is 2.15. The van der Waals surface area contributed by atoms with Gasteiger partial charge in [0.2, 0.25) is 0 Å². The Morgan fingerprint density at radius 1 is 1.13 bits per heavy atom. The van der Waals surface area contributed by atoms with Crippen molar-refractivity contribution in [2.45, 2.75) is 58.3 Å². The Labute approximate surface area is 138 Å². The summed E-state index contributed by atoms with van der Waals surface area (Å²) in [6, 6.07) is 8.82. The molecule has 0 bridgehead atoms. The normalized spacial score (nSPS) is 16.1. The van der Waals surface area contributed by atoms with E-state index in [0.29, 0.717) is 12.6 Å². The van der Waals surface area contributed by atoms with Crippen molar-refractivity contribution >= 4 is 6.09 Å². The zero-order valence-corrected chi connectivity index (χ0v) is 14.4. The van der Waals surface area contributed by atoms with E-state index in [-0.39, 0.29) is 6.09 Å². The summed E-state index contributed by atoms with van der Waals surface area (Å²) in [6.07, 6.45) is 1.78. The maximum Gasteiger partial charge on any atom is 0.407 e. The highest BCUT2D eigenvalue weighted by Crippen LogP contribution is 2.10. The first kappa shape index (κ1) is 17.8. The zero-order valence-electron chi connectivity index (χ0n) is 14.4. The summed E-state index contributed by atoms with van der Waals surface area (Å²) in [5, 5.41) is 6.33. The van der Waals surface area contributed by atoms with Crippen LogP contribution < -0.4 is 10.6 Å². The summed E-state index contributed by atoms with van der Waals surface area (Å²) >= 11 is 0. The predicted octanol–water partition coefficient (Wildman–Crippen LogP) is 2.98. The maximum absolute atomic E-state index is 11.6. The molecule has 5 heteroatoms. The summed E-state index contributed by atoms with van der Waals surface area (Å²) in [7, 11) is 0. The van der Waals surface area contributed by atoms with Gasteiger partial charge in [-0.1, -0.05) is 24.3 Å². The lowest BCUT2D eigenvalue weighted by Crippen LogP contribution is -2.34. The molecule has 1 heterocycles. The van der Waals surface area contributed by atoms with Gasteiger partial charge in [0.25, 0.3) is 0 Å². The van der Waals surface area contributed by atoms with E-state index in [1.807, 2.05) is 32.9 Å². The van der Waals surface area contributed by atoms with Crippen LogP contribution in [0, 0.1) is 0 Å². The van der Waals surface area contributed by atoms with Crippen LogP contribution in [0.3, 0.4) is 0 Å². The molecule has 1 amide bonds. The van der Waals surface area contributed by atoms with Crippen LogP contribution in [-0.2, 0) is 22.6 Å². The van der Waals surface area contributed by atoms with E-state index in [1.165, 1.54) is 5.56 Å². The molecule has 1 aromatic carbocycles. The number of nitrogens with one attached hydrogen (secondary N) is 2. The van der Waals surface area contributed by atoms with Crippen LogP contribution in [0.1, 0.15) is 44.7 Å². The molecule has 0 aliphatic carbocycles. The van der Waals surface area contributed by atoms with Crippen molar-refractivity contribution < 1.29 is 14.3 Å². The third kappa shape index (κ3) is 7.01. The highest BCUT2D eigenvalue weighted by molar-refractivity contribution is 5.67. The monoisotopic (exact) mass is 320 g/mol. The quantitative estimate of drug-likeness (QED) is 0.875. The average Bonchev–Trinajstić information content (AvgIpc) is 2.51. The fraction of sp³-hybridized carbons (Fsp3) is 0.611. The molecular formula is C18H28N2O3. The molecule has 0 unspecified atom stereocenters. The van der Waals surface area contributed by atoms with Crippen molar-refractivity contribution in [1.29, 1.82) is 0 Å². The van der Waals surface area contributed by atoms with Crippen LogP contribution in [-0.4, -0.2) is 30.9 Å². The van der Waals surface area contributed by atoms with Crippen LogP contribution in [0.5, 0.6) is 0 Å². The van der Waals surface area contributed by atoms with Crippen molar-refractivity contribution in [3.05, 3.63) is 35.4 Å². The van der Waals surface area contributed by atoms with E-state index in [1.54, 1.807) is 0 Å². The van der Waals surface area contributed by atoms with Gasteiger partial charge in [-0.2, -0.15) is 0 Å². The number of amides is 1. The second-order valence-corrected chi connectivity index (χ2v) is 6.94. The average molecular weight is 320 g/mol. The molecule has 128 valence electrons. The Balaban J connectivity index is 1.72. The lowest BCUT2D eigenvalue weighted by molar-refractivity contribution is 0.0523. The molecule has 1 saturated heterocycles. The Kier molecular flexibility index (Phi) is 6.42. The van der Waals surface area contributed by atoms with Gasteiger partial charge in [0, 0.05) is 32.3 Å². The first-order chi connectivity index (χ1) is 10.9. The molecule has 1 aliphatic rings. The third-order valence-corrected chi connectivity index (χ3v) is 3.67. The number of hydrogen-bond donors (Lipinski definition) is 2. The van der Waals surface area contributed by atoms with Gasteiger partial charge in [0.05, 0.1) is 0 Å². The lowest BCUT2D eigenvalue weighted by atomic mass is 10.1. The Bertz CT molecular complexity index is 488. The minimum absolute atomic E-state index is 0.386. The first-order valence-electron chi connectivity index (χ1n) is 8.28. The molecule has 2 N–H and O–H groups in total. The molecule has 23 heavy (non-hydrogen) atoms. The Hall–Kier alpha value is -1.59. The van der Waals surface area contributed by atoms with E-state index in [4.69, 9.17) is 9.47 Å². The van der Waals surface area contributed by atoms with E-state index >= 15 is 0 Å². The van der Waals surface area contributed by atoms with Crippen LogP contribution in [0.2, 0.25) is 0 Å². The summed E-state index contributed by atoms with van der Waals surface area (Å²) in [4.78, 5) is 11.6. The lowest BCUT2D eigenvalue weighted by Gasteiger charge is -2.23. The number of alkyl carbamates (subject to hydrolysis) is 1. The van der Waals surface area contributed by atoms with E-state index in [0.717, 1.165) is 38.2 Å². The predicted molar refractivity (Wildman–Crippen MR) is 90.2 cm³/mol. The largest absolute Gasteiger partial charge is 0.444 e. The Morgan fingerprint density at radius 2 is 1.70 bits per heavy atom. The van der Waals surface area contributed by atoms with Crippen molar-refractivity contribution in [2.24, 2.45) is 0 Å². The van der Waals surface area contributed by atoms with Crippen LogP contribution >= 0.6 is 0 Å². The number of benzene rings is 1. The fourth-order valence-electron chi connectivity index (χ4n) is 2.43. The number of hydrogen-bond acceptors (Lipinski definition) is 4. The summed E-state index contributed by atoms with van der Waals surface area (Å²) in [5.74, 6) is 0. The van der Waals surface area contributed by atoms with E-state index in [9.17, 15) is 4.79 Å². The fourth-order valence-corrected chi connectivity index (χ4v) is 2.43. The number of rotatable bonds is 5. The Morgan fingerprint density at radius 3 is 2.26 bits per heavy atom. The zero-order chi connectivity index (χ0) is 16.7. The molecule has 1 aliphatic heterocycles. The maximum atomic E-state index is 11.6. The molecular weight excluding hydrogens is 292 g/mol. The van der Waals surface area contributed by atoms with Gasteiger partial charge in [-0.25, -0.2) is 4.79 Å². The van der Waals surface area contributed by atoms with Crippen LogP contribution in [0.4, 0.5) is 4.79 Å². The van der Waals surface area contributed by atoms with Gasteiger partial charge < -0.3 is 20.1 Å². The molecule has 0 atom stereocenters. The van der Waals surface area contributed by atoms with Gasteiger partial charge in [-0.05, 0) is 44.7 Å². The third-order valence-electron chi connectivity index (χ3n) is 3.67. The van der Waals surface area contributed by atoms with Crippen molar-refractivity contribution in [1.82, 2.24) is 10.6 Å². The molecule has 5 nitrogen and oxygen atoms in total. The highest BCUT2D eigenvalue weighted by atomic mass is 16.6. The van der Waals surface area contributed by atoms with Crippen molar-refractivity contribution in [3.63, 3.8) is 0 Å². The summed E-state index contributed by atoms with van der Waals surface area (Å²) < 4.78 is 10.6. The SMILES string of the molecule is CC(C)(C)OC(=O)NCc1ccc(CNC2CCOCC2)cc1. The van der Waals surface area contributed by atoms with E-state index in [2.05, 4.69) is 22.8 Å². The molecule has 1 aromatic rings. The second-order valence-electron chi connectivity index (χ2n) is 6.94. The topological polar surface area (TPSA) is 59.6 Å². The number of carbonyl (C=O) groups excluding carboxylic acids is 1. The van der Waals surface area contributed by atoms with Crippen molar-refractivity contribution in [2.75, 3.05) is 13.2 Å². The molecule has 2 rings (SSSR count). The van der Waals surface area contributed by atoms with E-state index < -0.39 is 5.60 Å². The second kappa shape index (κ2) is 8.31. The van der Waals surface area contributed by atoms with Crippen LogP contribution in [0.15, 0.2) is 24.3 Å². The number of ether oxygens (including phenoxy) is 2. The molecule has 0 spiro atoms. The minimum atomic E-state index is -0.468. The smallest absolute Gasteiger partial charge is 0.407 e. The van der Waals surface area contributed by atoms with Crippen molar-refractivity contribution in [3.8, 4) is 0 Å². The summed E-state index contributed by atoms with van der Waals surface area (Å²) in [6.45, 7) is 8.61. The first-order valence-corrected chi connectivity index (χ1v) is 8.28. The molecule has 1 fully saturated rings. The van der Waals surface area contributed by atoms with Gasteiger partial charge in [0.15, 0.2) is 0 Å². The minimum Gasteiger partial charge on any atom is -0.444 e. The molecule has 0 aromatic heterocycles. The number of carbonyl (C=O) groups is 1. The van der Waals surface area contributed by atoms with Gasteiger partial charge >= 0.3 is 6.09 Å².